The summed E-state index contributed by atoms with van der Waals surface area (Å²) >= 11 is 0. The second-order valence-electron chi connectivity index (χ2n) is 7.94. The van der Waals surface area contributed by atoms with Crippen LogP contribution in [0.25, 0.3) is 0 Å². The van der Waals surface area contributed by atoms with Crippen LogP contribution in [0.1, 0.15) is 45.1 Å². The minimum Gasteiger partial charge on any atom is -0.384 e. The first kappa shape index (κ1) is 18.5. The van der Waals surface area contributed by atoms with Gasteiger partial charge in [0.15, 0.2) is 0 Å². The van der Waals surface area contributed by atoms with Crippen LogP contribution in [-0.2, 0) is 4.74 Å². The van der Waals surface area contributed by atoms with E-state index >= 15 is 0 Å². The van der Waals surface area contributed by atoms with E-state index in [1.54, 1.807) is 6.07 Å². The smallest absolute Gasteiger partial charge is 0.148 e. The van der Waals surface area contributed by atoms with Gasteiger partial charge >= 0.3 is 0 Å². The Labute approximate surface area is 150 Å². The van der Waals surface area contributed by atoms with Gasteiger partial charge in [-0.1, -0.05) is 0 Å². The molecule has 1 saturated heterocycles. The van der Waals surface area contributed by atoms with Crippen LogP contribution in [-0.4, -0.2) is 37.9 Å². The molecule has 0 amide bonds. The molecule has 3 rings (SSSR count). The summed E-state index contributed by atoms with van der Waals surface area (Å²) in [5.74, 6) is 0.489. The first-order valence-electron chi connectivity index (χ1n) is 9.62. The Morgan fingerprint density at radius 1 is 1.16 bits per heavy atom. The number of nitrogens with two attached hydrogens (primary N) is 1. The van der Waals surface area contributed by atoms with E-state index in [0.29, 0.717) is 17.6 Å². The lowest BCUT2D eigenvalue weighted by molar-refractivity contribution is -0.00539. The highest BCUT2D eigenvalue weighted by Crippen LogP contribution is 2.30. The molecule has 0 aromatic heterocycles. The van der Waals surface area contributed by atoms with Crippen LogP contribution in [0.3, 0.4) is 0 Å². The molecule has 1 saturated carbocycles. The minimum absolute atomic E-state index is 0.124. The number of morpholine rings is 1. The van der Waals surface area contributed by atoms with E-state index in [0.717, 1.165) is 56.6 Å². The van der Waals surface area contributed by atoms with Crippen molar-refractivity contribution in [2.75, 3.05) is 29.9 Å². The van der Waals surface area contributed by atoms with E-state index in [-0.39, 0.29) is 18.0 Å². The van der Waals surface area contributed by atoms with Gasteiger partial charge in [-0.3, -0.25) is 0 Å². The summed E-state index contributed by atoms with van der Waals surface area (Å²) in [6.45, 7) is 8.50. The predicted octanol–water partition coefficient (Wildman–Crippen LogP) is 3.68. The van der Waals surface area contributed by atoms with Gasteiger partial charge < -0.3 is 20.7 Å². The quantitative estimate of drug-likeness (QED) is 0.871. The SMILES string of the molecule is Cc1cc(N2C[C@@H](C)O[C@H](C)C2)c(F)cc1NCC1CCC(N)CC1. The highest BCUT2D eigenvalue weighted by Gasteiger charge is 2.25. The van der Waals surface area contributed by atoms with E-state index in [1.165, 1.54) is 0 Å². The van der Waals surface area contributed by atoms with Crippen molar-refractivity contribution in [3.63, 3.8) is 0 Å². The molecule has 1 aromatic carbocycles. The van der Waals surface area contributed by atoms with Crippen molar-refractivity contribution in [1.82, 2.24) is 0 Å². The van der Waals surface area contributed by atoms with E-state index in [4.69, 9.17) is 10.5 Å². The van der Waals surface area contributed by atoms with Gasteiger partial charge in [0.2, 0.25) is 0 Å². The fourth-order valence-corrected chi connectivity index (χ4v) is 4.12. The van der Waals surface area contributed by atoms with Gasteiger partial charge in [-0.25, -0.2) is 4.39 Å². The van der Waals surface area contributed by atoms with Gasteiger partial charge in [-0.2, -0.15) is 0 Å². The Morgan fingerprint density at radius 3 is 2.44 bits per heavy atom. The molecule has 2 aliphatic rings. The van der Waals surface area contributed by atoms with Gasteiger partial charge in [-0.05, 0) is 70.1 Å². The van der Waals surface area contributed by atoms with Crippen LogP contribution in [0.15, 0.2) is 12.1 Å². The molecule has 0 unspecified atom stereocenters. The van der Waals surface area contributed by atoms with Gasteiger partial charge in [0.25, 0.3) is 0 Å². The fourth-order valence-electron chi connectivity index (χ4n) is 4.12. The van der Waals surface area contributed by atoms with Crippen LogP contribution in [0, 0.1) is 18.7 Å². The summed E-state index contributed by atoms with van der Waals surface area (Å²) in [6.07, 6.45) is 4.78. The number of benzene rings is 1. The summed E-state index contributed by atoms with van der Waals surface area (Å²) < 4.78 is 20.5. The Bertz CT molecular complexity index is 577. The van der Waals surface area contributed by atoms with Crippen molar-refractivity contribution >= 4 is 11.4 Å². The van der Waals surface area contributed by atoms with Crippen molar-refractivity contribution in [2.45, 2.75) is 64.7 Å². The van der Waals surface area contributed by atoms with Crippen LogP contribution < -0.4 is 16.0 Å². The Kier molecular flexibility index (Phi) is 5.85. The van der Waals surface area contributed by atoms with Crippen LogP contribution in [0.4, 0.5) is 15.8 Å². The molecule has 0 radical (unpaired) electrons. The zero-order chi connectivity index (χ0) is 18.0. The Hall–Kier alpha value is -1.33. The lowest BCUT2D eigenvalue weighted by atomic mass is 9.86. The standard InChI is InChI=1S/C20H32FN3O/c1-13-8-20(24-11-14(2)25-15(3)12-24)18(21)9-19(13)23-10-16-4-6-17(22)7-5-16/h8-9,14-17,23H,4-7,10-12,22H2,1-3H3/t14-,15-,16?,17?/m1/s1. The molecule has 140 valence electrons. The molecule has 0 spiro atoms. The third-order valence-electron chi connectivity index (χ3n) is 5.53. The number of nitrogens with one attached hydrogen (secondary N) is 1. The maximum absolute atomic E-state index is 14.7. The second-order valence-corrected chi connectivity index (χ2v) is 7.94. The lowest BCUT2D eigenvalue weighted by Gasteiger charge is -2.37. The fraction of sp³-hybridized carbons (Fsp3) is 0.700. The van der Waals surface area contributed by atoms with E-state index in [9.17, 15) is 4.39 Å². The Balaban J connectivity index is 1.65. The van der Waals surface area contributed by atoms with Crippen molar-refractivity contribution in [2.24, 2.45) is 11.7 Å². The van der Waals surface area contributed by atoms with Gasteiger partial charge in [0.05, 0.1) is 17.9 Å². The number of ether oxygens (including phenoxy) is 1. The molecule has 1 aromatic rings. The second kappa shape index (κ2) is 7.92. The first-order valence-corrected chi connectivity index (χ1v) is 9.62. The third kappa shape index (κ3) is 4.64. The molecule has 2 fully saturated rings. The largest absolute Gasteiger partial charge is 0.384 e. The van der Waals surface area contributed by atoms with Gasteiger partial charge in [-0.15, -0.1) is 0 Å². The summed E-state index contributed by atoms with van der Waals surface area (Å²) in [5.41, 5.74) is 8.66. The normalized spacial score (nSPS) is 30.4. The lowest BCUT2D eigenvalue weighted by Crippen LogP contribution is -2.45. The molecule has 25 heavy (non-hydrogen) atoms. The number of hydrogen-bond acceptors (Lipinski definition) is 4. The summed E-state index contributed by atoms with van der Waals surface area (Å²) in [6, 6.07) is 4.00. The monoisotopic (exact) mass is 349 g/mol. The van der Waals surface area contributed by atoms with Crippen molar-refractivity contribution in [1.29, 1.82) is 0 Å². The number of rotatable bonds is 4. The van der Waals surface area contributed by atoms with Gasteiger partial charge in [0.1, 0.15) is 5.82 Å². The molecule has 0 bridgehead atoms. The third-order valence-corrected chi connectivity index (χ3v) is 5.53. The minimum atomic E-state index is -0.153. The number of nitrogens with zero attached hydrogens (tertiary/aromatic N) is 1. The number of halogens is 1. The molecule has 5 heteroatoms. The first-order chi connectivity index (χ1) is 11.9. The van der Waals surface area contributed by atoms with Crippen molar-refractivity contribution in [3.05, 3.63) is 23.5 Å². The molecular formula is C20H32FN3O. The van der Waals surface area contributed by atoms with E-state index in [1.807, 2.05) is 19.9 Å². The van der Waals surface area contributed by atoms with E-state index < -0.39 is 0 Å². The summed E-state index contributed by atoms with van der Waals surface area (Å²) in [7, 11) is 0. The van der Waals surface area contributed by atoms with Crippen LogP contribution >= 0.6 is 0 Å². The zero-order valence-electron chi connectivity index (χ0n) is 15.7. The highest BCUT2D eigenvalue weighted by atomic mass is 19.1. The van der Waals surface area contributed by atoms with E-state index in [2.05, 4.69) is 17.1 Å². The average Bonchev–Trinajstić information content (AvgIpc) is 2.56. The maximum atomic E-state index is 14.7. The Morgan fingerprint density at radius 2 is 1.80 bits per heavy atom. The molecule has 3 N–H and O–H groups in total. The number of anilines is 2. The molecule has 1 aliphatic heterocycles. The summed E-state index contributed by atoms with van der Waals surface area (Å²) in [5, 5.41) is 3.46. The van der Waals surface area contributed by atoms with Crippen molar-refractivity contribution in [3.8, 4) is 0 Å². The molecule has 4 nitrogen and oxygen atoms in total. The highest BCUT2D eigenvalue weighted by molar-refractivity contribution is 5.61. The number of aryl methyl sites for hydroxylation is 1. The predicted molar refractivity (Wildman–Crippen MR) is 102 cm³/mol. The zero-order valence-corrected chi connectivity index (χ0v) is 15.7. The summed E-state index contributed by atoms with van der Waals surface area (Å²) in [4.78, 5) is 2.10. The average molecular weight is 349 g/mol. The van der Waals surface area contributed by atoms with Gasteiger partial charge in [0, 0.05) is 31.4 Å². The molecule has 1 heterocycles. The maximum Gasteiger partial charge on any atom is 0.148 e. The molecular weight excluding hydrogens is 317 g/mol. The van der Waals surface area contributed by atoms with Crippen LogP contribution in [0.5, 0.6) is 0 Å². The number of hydrogen-bond donors (Lipinski definition) is 2. The van der Waals surface area contributed by atoms with Crippen molar-refractivity contribution < 1.29 is 9.13 Å². The molecule has 1 aliphatic carbocycles. The molecule has 2 atom stereocenters. The topological polar surface area (TPSA) is 50.5 Å². The van der Waals surface area contributed by atoms with Crippen LogP contribution in [0.2, 0.25) is 0 Å².